The number of hydrogen-bond donors (Lipinski definition) is 1. The first-order chi connectivity index (χ1) is 17.2. The fourth-order valence-electron chi connectivity index (χ4n) is 5.18. The van der Waals surface area contributed by atoms with Crippen molar-refractivity contribution >= 4 is 23.4 Å². The molecule has 0 saturated heterocycles. The second kappa shape index (κ2) is 9.34. The largest absolute Gasteiger partial charge is 0.325 e. The van der Waals surface area contributed by atoms with Gasteiger partial charge in [0.25, 0.3) is 5.56 Å². The third-order valence-corrected chi connectivity index (χ3v) is 7.86. The highest BCUT2D eigenvalue weighted by molar-refractivity contribution is 7.99. The summed E-state index contributed by atoms with van der Waals surface area (Å²) in [5.74, 6) is 0.643. The summed E-state index contributed by atoms with van der Waals surface area (Å²) in [5, 5.41) is 8.36. The Kier molecular flexibility index (Phi) is 5.90. The molecule has 0 fully saturated rings. The van der Waals surface area contributed by atoms with Crippen molar-refractivity contribution in [3.8, 4) is 17.1 Å². The molecule has 2 aromatic rings. The number of anilines is 1. The molecule has 0 aromatic heterocycles. The Balaban J connectivity index is 1.29. The molecular weight excluding hydrogens is 458 g/mol. The van der Waals surface area contributed by atoms with Crippen molar-refractivity contribution < 1.29 is 4.79 Å². The van der Waals surface area contributed by atoms with E-state index in [2.05, 4.69) is 27.1 Å². The molecule has 178 valence electrons. The number of nitrogens with zero attached hydrogens (tertiary/aromatic N) is 4. The fourth-order valence-corrected chi connectivity index (χ4v) is 6.03. The zero-order valence-corrected chi connectivity index (χ0v) is 20.3. The van der Waals surface area contributed by atoms with Crippen LogP contribution in [-0.4, -0.2) is 31.0 Å². The molecule has 1 amide bonds. The molecule has 6 rings (SSSR count). The molecule has 0 radical (unpaired) electrons. The minimum absolute atomic E-state index is 0.0582. The first-order valence-corrected chi connectivity index (χ1v) is 13.3. The number of carbonyl (C=O) groups excluding carboxylic acids is 1. The van der Waals surface area contributed by atoms with Gasteiger partial charge in [-0.25, -0.2) is 4.98 Å². The van der Waals surface area contributed by atoms with Crippen molar-refractivity contribution in [3.05, 3.63) is 75.7 Å². The summed E-state index contributed by atoms with van der Waals surface area (Å²) in [5.41, 5.74) is 5.77. The molecule has 3 heterocycles. The number of carbonyl (C=O) groups is 1. The number of para-hydroxylation sites is 1. The van der Waals surface area contributed by atoms with Crippen LogP contribution >= 0.6 is 11.8 Å². The van der Waals surface area contributed by atoms with E-state index in [4.69, 9.17) is 4.98 Å². The van der Waals surface area contributed by atoms with Gasteiger partial charge in [-0.2, -0.15) is 4.68 Å². The maximum Gasteiger partial charge on any atom is 0.284 e. The second-order valence-corrected chi connectivity index (χ2v) is 10.2. The maximum absolute atomic E-state index is 13.4. The quantitative estimate of drug-likeness (QED) is 0.333. The van der Waals surface area contributed by atoms with Gasteiger partial charge in [-0.15, -0.1) is 5.10 Å². The number of nitrogens with one attached hydrogen (secondary N) is 1. The number of rotatable bonds is 5. The molecule has 1 N–H and O–H groups in total. The summed E-state index contributed by atoms with van der Waals surface area (Å²) < 4.78 is 3.58. The van der Waals surface area contributed by atoms with Crippen molar-refractivity contribution in [2.24, 2.45) is 0 Å². The summed E-state index contributed by atoms with van der Waals surface area (Å²) in [7, 11) is 0. The lowest BCUT2D eigenvalue weighted by atomic mass is 10.1. The van der Waals surface area contributed by atoms with Crippen LogP contribution in [-0.2, 0) is 30.6 Å². The lowest BCUT2D eigenvalue weighted by Gasteiger charge is -2.17. The predicted octanol–water partition coefficient (Wildman–Crippen LogP) is 4.48. The second-order valence-electron chi connectivity index (χ2n) is 9.23. The Morgan fingerprint density at radius 2 is 1.83 bits per heavy atom. The SMILES string of the molecule is O=C(CSc1nc2nn(-c3ccccc3)c(=O)c-2c2n1CCCCC2)Nc1ccc2c(c1)CCC2. The van der Waals surface area contributed by atoms with Crippen molar-refractivity contribution in [2.75, 3.05) is 11.1 Å². The molecule has 1 aliphatic carbocycles. The van der Waals surface area contributed by atoms with E-state index in [1.165, 1.54) is 34.0 Å². The van der Waals surface area contributed by atoms with Crippen LogP contribution in [0.3, 0.4) is 0 Å². The van der Waals surface area contributed by atoms with Gasteiger partial charge >= 0.3 is 0 Å². The summed E-state index contributed by atoms with van der Waals surface area (Å²) in [6.07, 6.45) is 7.36. The highest BCUT2D eigenvalue weighted by atomic mass is 32.2. The monoisotopic (exact) mass is 485 g/mol. The molecule has 3 aliphatic heterocycles. The number of aryl methyl sites for hydroxylation is 2. The van der Waals surface area contributed by atoms with E-state index in [1.54, 1.807) is 0 Å². The summed E-state index contributed by atoms with van der Waals surface area (Å²) in [4.78, 5) is 30.9. The van der Waals surface area contributed by atoms with Crippen LogP contribution in [0.15, 0.2) is 58.5 Å². The third kappa shape index (κ3) is 4.27. The average Bonchev–Trinajstić information content (AvgIpc) is 3.38. The number of thioether (sulfide) groups is 1. The van der Waals surface area contributed by atoms with Crippen molar-refractivity contribution in [2.45, 2.75) is 56.6 Å². The van der Waals surface area contributed by atoms with E-state index in [9.17, 15) is 9.59 Å². The Morgan fingerprint density at radius 1 is 0.971 bits per heavy atom. The van der Waals surface area contributed by atoms with E-state index in [0.717, 1.165) is 67.3 Å². The molecule has 35 heavy (non-hydrogen) atoms. The van der Waals surface area contributed by atoms with Crippen molar-refractivity contribution in [1.82, 2.24) is 19.3 Å². The molecule has 4 aliphatic rings. The van der Waals surface area contributed by atoms with Crippen LogP contribution in [0.2, 0.25) is 0 Å². The molecule has 8 heteroatoms. The van der Waals surface area contributed by atoms with E-state index in [1.807, 2.05) is 36.4 Å². The molecule has 0 bridgehead atoms. The van der Waals surface area contributed by atoms with Crippen LogP contribution in [0.5, 0.6) is 0 Å². The predicted molar refractivity (Wildman–Crippen MR) is 138 cm³/mol. The lowest BCUT2D eigenvalue weighted by Crippen LogP contribution is -2.20. The Labute approximate surface area is 207 Å². The zero-order chi connectivity index (χ0) is 23.8. The van der Waals surface area contributed by atoms with Crippen molar-refractivity contribution in [3.63, 3.8) is 0 Å². The number of benzene rings is 2. The summed E-state index contributed by atoms with van der Waals surface area (Å²) in [6.45, 7) is 0.795. The summed E-state index contributed by atoms with van der Waals surface area (Å²) >= 11 is 1.41. The normalized spacial score (nSPS) is 15.0. The van der Waals surface area contributed by atoms with Gasteiger partial charge in [0.05, 0.1) is 11.4 Å². The van der Waals surface area contributed by atoms with E-state index in [-0.39, 0.29) is 17.2 Å². The molecule has 0 spiro atoms. The van der Waals surface area contributed by atoms with Gasteiger partial charge < -0.3 is 9.88 Å². The summed E-state index contributed by atoms with van der Waals surface area (Å²) in [6, 6.07) is 15.7. The molecule has 2 aromatic carbocycles. The van der Waals surface area contributed by atoms with Gasteiger partial charge in [0.15, 0.2) is 11.0 Å². The number of aromatic nitrogens is 4. The Morgan fingerprint density at radius 3 is 2.71 bits per heavy atom. The highest BCUT2D eigenvalue weighted by Gasteiger charge is 2.27. The Bertz CT molecular complexity index is 1430. The average molecular weight is 486 g/mol. The number of fused-ring (bicyclic) bond motifs is 4. The van der Waals surface area contributed by atoms with Gasteiger partial charge in [-0.1, -0.05) is 42.4 Å². The van der Waals surface area contributed by atoms with Crippen LogP contribution in [0.4, 0.5) is 5.69 Å². The zero-order valence-electron chi connectivity index (χ0n) is 19.5. The van der Waals surface area contributed by atoms with Crippen LogP contribution in [0, 0.1) is 0 Å². The van der Waals surface area contributed by atoms with Crippen LogP contribution in [0.25, 0.3) is 17.1 Å². The number of hydrogen-bond acceptors (Lipinski definition) is 5. The van der Waals surface area contributed by atoms with E-state index >= 15 is 0 Å². The topological polar surface area (TPSA) is 81.8 Å². The lowest BCUT2D eigenvalue weighted by molar-refractivity contribution is -0.113. The maximum atomic E-state index is 13.4. The highest BCUT2D eigenvalue weighted by Crippen LogP contribution is 2.31. The molecular formula is C27H27N5O2S. The van der Waals surface area contributed by atoms with Crippen molar-refractivity contribution in [1.29, 1.82) is 0 Å². The minimum Gasteiger partial charge on any atom is -0.325 e. The van der Waals surface area contributed by atoms with Crippen LogP contribution < -0.4 is 10.9 Å². The van der Waals surface area contributed by atoms with Gasteiger partial charge in [0.2, 0.25) is 5.91 Å². The molecule has 0 atom stereocenters. The first-order valence-electron chi connectivity index (χ1n) is 12.3. The fraction of sp³-hybridized carbons (Fsp3) is 0.333. The minimum atomic E-state index is -0.129. The smallest absolute Gasteiger partial charge is 0.284 e. The molecule has 0 saturated carbocycles. The van der Waals surface area contributed by atoms with Gasteiger partial charge in [-0.05, 0) is 73.9 Å². The first kappa shape index (κ1) is 22.1. The molecule has 0 unspecified atom stereocenters. The third-order valence-electron chi connectivity index (χ3n) is 6.88. The van der Waals surface area contributed by atoms with E-state index < -0.39 is 0 Å². The van der Waals surface area contributed by atoms with Gasteiger partial charge in [0, 0.05) is 17.9 Å². The standard InChI is InChI=1S/C27H27N5O2S/c33-23(28-20-14-13-18-8-7-9-19(18)16-20)17-35-27-29-25-24(22-12-5-2-6-15-31(22)27)26(34)32(30-25)21-10-3-1-4-11-21/h1,3-4,10-11,13-14,16H,2,5-9,12,15,17H2,(H,28,33). The van der Waals surface area contributed by atoms with Crippen LogP contribution in [0.1, 0.15) is 42.5 Å². The van der Waals surface area contributed by atoms with Gasteiger partial charge in [0.1, 0.15) is 5.56 Å². The molecule has 7 nitrogen and oxygen atoms in total. The Hall–Kier alpha value is -3.39. The van der Waals surface area contributed by atoms with Gasteiger partial charge in [-0.3, -0.25) is 9.59 Å². The van der Waals surface area contributed by atoms with E-state index in [0.29, 0.717) is 11.4 Å². The number of amides is 1.